The maximum absolute atomic E-state index is 12.0. The summed E-state index contributed by atoms with van der Waals surface area (Å²) in [5.74, 6) is -0.496. The highest BCUT2D eigenvalue weighted by Crippen LogP contribution is 2.07. The van der Waals surface area contributed by atoms with E-state index in [4.69, 9.17) is 0 Å². The summed E-state index contributed by atoms with van der Waals surface area (Å²) in [5, 5.41) is 16.7. The monoisotopic (exact) mass is 329 g/mol. The van der Waals surface area contributed by atoms with Gasteiger partial charge in [0.15, 0.2) is 11.3 Å². The molecular formula is C14H15N7O3. The molecule has 0 aromatic carbocycles. The molecule has 3 rings (SSSR count). The van der Waals surface area contributed by atoms with E-state index in [0.29, 0.717) is 23.6 Å². The van der Waals surface area contributed by atoms with Crippen molar-refractivity contribution in [2.75, 3.05) is 0 Å². The Kier molecular flexibility index (Phi) is 4.18. The molecule has 0 aliphatic heterocycles. The fraction of sp³-hybridized carbons (Fsp3) is 0.286. The number of amides is 2. The molecule has 0 saturated heterocycles. The molecule has 0 aliphatic rings. The van der Waals surface area contributed by atoms with Crippen LogP contribution in [-0.2, 0) is 17.9 Å². The van der Waals surface area contributed by atoms with Gasteiger partial charge in [0.2, 0.25) is 5.91 Å². The summed E-state index contributed by atoms with van der Waals surface area (Å²) in [6.07, 6.45) is 3.36. The van der Waals surface area contributed by atoms with Gasteiger partial charge in [0, 0.05) is 13.5 Å². The van der Waals surface area contributed by atoms with E-state index in [1.54, 1.807) is 23.8 Å². The topological polar surface area (TPSA) is 127 Å². The lowest BCUT2D eigenvalue weighted by atomic mass is 10.3. The zero-order chi connectivity index (χ0) is 17.1. The van der Waals surface area contributed by atoms with Crippen LogP contribution in [0.1, 0.15) is 34.4 Å². The van der Waals surface area contributed by atoms with Gasteiger partial charge in [-0.05, 0) is 23.7 Å². The SMILES string of the molecule is CC(=O)NCc1cnn2cc(CNC(=O)c3nonc3C)nc2c1. The van der Waals surface area contributed by atoms with Gasteiger partial charge >= 0.3 is 0 Å². The summed E-state index contributed by atoms with van der Waals surface area (Å²) in [6, 6.07) is 1.82. The molecule has 2 N–H and O–H groups in total. The van der Waals surface area contributed by atoms with E-state index in [2.05, 4.69) is 35.7 Å². The first-order valence-electron chi connectivity index (χ1n) is 7.18. The van der Waals surface area contributed by atoms with Crippen molar-refractivity contribution in [3.8, 4) is 0 Å². The number of aromatic nitrogens is 5. The molecule has 0 unspecified atom stereocenters. The lowest BCUT2D eigenvalue weighted by Crippen LogP contribution is -2.24. The van der Waals surface area contributed by atoms with Gasteiger partial charge < -0.3 is 10.6 Å². The molecule has 3 heterocycles. The highest BCUT2D eigenvalue weighted by molar-refractivity contribution is 5.92. The summed E-state index contributed by atoms with van der Waals surface area (Å²) >= 11 is 0. The second-order valence-electron chi connectivity index (χ2n) is 5.19. The van der Waals surface area contributed by atoms with Crippen LogP contribution in [0.5, 0.6) is 0 Å². The van der Waals surface area contributed by atoms with Crippen molar-refractivity contribution in [3.63, 3.8) is 0 Å². The van der Waals surface area contributed by atoms with E-state index in [1.165, 1.54) is 6.92 Å². The Hall–Kier alpha value is -3.30. The second kappa shape index (κ2) is 6.44. The maximum atomic E-state index is 12.0. The van der Waals surface area contributed by atoms with Gasteiger partial charge in [-0.2, -0.15) is 5.10 Å². The van der Waals surface area contributed by atoms with Crippen LogP contribution >= 0.6 is 0 Å². The highest BCUT2D eigenvalue weighted by atomic mass is 16.6. The predicted octanol–water partition coefficient (Wildman–Crippen LogP) is -0.0132. The molecule has 0 bridgehead atoms. The van der Waals surface area contributed by atoms with Crippen molar-refractivity contribution in [1.82, 2.24) is 35.5 Å². The summed E-state index contributed by atoms with van der Waals surface area (Å²) in [6.45, 7) is 3.69. The van der Waals surface area contributed by atoms with E-state index in [-0.39, 0.29) is 24.1 Å². The summed E-state index contributed by atoms with van der Waals surface area (Å²) < 4.78 is 6.10. The van der Waals surface area contributed by atoms with Crippen LogP contribution in [-0.4, -0.2) is 36.7 Å². The summed E-state index contributed by atoms with van der Waals surface area (Å²) in [5.41, 5.74) is 2.67. The standard InChI is InChI=1S/C14H15N7O3/c1-8-13(20-24-19-8)14(23)16-6-11-7-21-12(18-11)3-10(5-17-21)4-15-9(2)22/h3,5,7H,4,6H2,1-2H3,(H,15,22)(H,16,23). The lowest BCUT2D eigenvalue weighted by molar-refractivity contribution is -0.119. The third-order valence-corrected chi connectivity index (χ3v) is 3.27. The first-order valence-corrected chi connectivity index (χ1v) is 7.18. The third-order valence-electron chi connectivity index (χ3n) is 3.27. The molecule has 0 saturated carbocycles. The fourth-order valence-corrected chi connectivity index (χ4v) is 2.07. The maximum Gasteiger partial charge on any atom is 0.275 e. The number of nitrogens with zero attached hydrogens (tertiary/aromatic N) is 5. The first kappa shape index (κ1) is 15.6. The number of rotatable bonds is 5. The second-order valence-corrected chi connectivity index (χ2v) is 5.19. The van der Waals surface area contributed by atoms with Gasteiger partial charge in [0.1, 0.15) is 5.69 Å². The third kappa shape index (κ3) is 3.37. The summed E-state index contributed by atoms with van der Waals surface area (Å²) in [7, 11) is 0. The van der Waals surface area contributed by atoms with Gasteiger partial charge in [-0.15, -0.1) is 0 Å². The van der Waals surface area contributed by atoms with E-state index < -0.39 is 0 Å². The molecule has 24 heavy (non-hydrogen) atoms. The Morgan fingerprint density at radius 3 is 2.79 bits per heavy atom. The largest absolute Gasteiger partial charge is 0.352 e. The number of carbonyl (C=O) groups excluding carboxylic acids is 2. The minimum absolute atomic E-state index is 0.112. The molecule has 0 spiro atoms. The molecule has 3 aromatic heterocycles. The van der Waals surface area contributed by atoms with Crippen LogP contribution in [0.25, 0.3) is 5.65 Å². The number of hydrogen-bond acceptors (Lipinski definition) is 7. The fourth-order valence-electron chi connectivity index (χ4n) is 2.07. The molecule has 0 fully saturated rings. The number of aryl methyl sites for hydroxylation is 1. The Balaban J connectivity index is 1.68. The minimum Gasteiger partial charge on any atom is -0.352 e. The average molecular weight is 329 g/mol. The van der Waals surface area contributed by atoms with Crippen molar-refractivity contribution in [2.45, 2.75) is 26.9 Å². The Morgan fingerprint density at radius 2 is 2.08 bits per heavy atom. The molecule has 10 nitrogen and oxygen atoms in total. The van der Waals surface area contributed by atoms with E-state index in [0.717, 1.165) is 5.56 Å². The van der Waals surface area contributed by atoms with Crippen LogP contribution in [0.2, 0.25) is 0 Å². The zero-order valence-corrected chi connectivity index (χ0v) is 13.1. The number of imidazole rings is 1. The van der Waals surface area contributed by atoms with Gasteiger partial charge in [0.25, 0.3) is 5.91 Å². The number of hydrogen-bond donors (Lipinski definition) is 2. The molecule has 3 aromatic rings. The van der Waals surface area contributed by atoms with E-state index in [9.17, 15) is 9.59 Å². The molecular weight excluding hydrogens is 314 g/mol. The predicted molar refractivity (Wildman–Crippen MR) is 80.7 cm³/mol. The van der Waals surface area contributed by atoms with Gasteiger partial charge in [0.05, 0.1) is 24.6 Å². The average Bonchev–Trinajstić information content (AvgIpc) is 3.15. The minimum atomic E-state index is -0.384. The Labute approximate surface area is 136 Å². The van der Waals surface area contributed by atoms with Crippen LogP contribution in [0.4, 0.5) is 0 Å². The van der Waals surface area contributed by atoms with Crippen LogP contribution in [0, 0.1) is 6.92 Å². The Morgan fingerprint density at radius 1 is 1.25 bits per heavy atom. The van der Waals surface area contributed by atoms with E-state index >= 15 is 0 Å². The van der Waals surface area contributed by atoms with Crippen molar-refractivity contribution in [2.24, 2.45) is 0 Å². The summed E-state index contributed by atoms with van der Waals surface area (Å²) in [4.78, 5) is 27.3. The highest BCUT2D eigenvalue weighted by Gasteiger charge is 2.15. The number of nitrogens with one attached hydrogen (secondary N) is 2. The van der Waals surface area contributed by atoms with Crippen molar-refractivity contribution < 1.29 is 14.2 Å². The van der Waals surface area contributed by atoms with Gasteiger partial charge in [-0.1, -0.05) is 5.16 Å². The van der Waals surface area contributed by atoms with Gasteiger partial charge in [-0.3, -0.25) is 9.59 Å². The molecule has 2 amide bonds. The number of fused-ring (bicyclic) bond motifs is 1. The molecule has 124 valence electrons. The molecule has 0 aliphatic carbocycles. The molecule has 0 atom stereocenters. The normalized spacial score (nSPS) is 10.8. The van der Waals surface area contributed by atoms with Crippen molar-refractivity contribution in [3.05, 3.63) is 41.1 Å². The Bertz CT molecular complexity index is 899. The van der Waals surface area contributed by atoms with Gasteiger partial charge in [-0.25, -0.2) is 14.1 Å². The first-order chi connectivity index (χ1) is 11.5. The molecule has 10 heteroatoms. The smallest absolute Gasteiger partial charge is 0.275 e. The molecule has 0 radical (unpaired) electrons. The quantitative estimate of drug-likeness (QED) is 0.673. The zero-order valence-electron chi connectivity index (χ0n) is 13.1. The van der Waals surface area contributed by atoms with E-state index in [1.807, 2.05) is 6.07 Å². The van der Waals surface area contributed by atoms with Crippen LogP contribution < -0.4 is 10.6 Å². The van der Waals surface area contributed by atoms with Crippen molar-refractivity contribution in [1.29, 1.82) is 0 Å². The lowest BCUT2D eigenvalue weighted by Gasteiger charge is -2.01. The number of carbonyl (C=O) groups is 2. The van der Waals surface area contributed by atoms with Crippen LogP contribution in [0.3, 0.4) is 0 Å². The van der Waals surface area contributed by atoms with Crippen LogP contribution in [0.15, 0.2) is 23.1 Å². The van der Waals surface area contributed by atoms with Crippen molar-refractivity contribution >= 4 is 17.5 Å².